The first-order valence-electron chi connectivity index (χ1n) is 6.82. The van der Waals surface area contributed by atoms with Crippen molar-refractivity contribution in [3.8, 4) is 0 Å². The number of carbonyl (C=O) groups excluding carboxylic acids is 1. The normalized spacial score (nSPS) is 16.3. The molecule has 0 fully saturated rings. The van der Waals surface area contributed by atoms with Crippen LogP contribution in [0, 0.1) is 0 Å². The van der Waals surface area contributed by atoms with Gasteiger partial charge >= 0.3 is 135 Å². The van der Waals surface area contributed by atoms with Crippen LogP contribution in [0.3, 0.4) is 0 Å². The van der Waals surface area contributed by atoms with E-state index in [1.807, 2.05) is 24.3 Å². The van der Waals surface area contributed by atoms with E-state index in [1.165, 1.54) is 17.1 Å². The average molecular weight is 369 g/mol. The van der Waals surface area contributed by atoms with Crippen molar-refractivity contribution in [2.24, 2.45) is 0 Å². The van der Waals surface area contributed by atoms with Gasteiger partial charge in [-0.05, 0) is 0 Å². The molecule has 21 heavy (non-hydrogen) atoms. The fraction of sp³-hybridized carbons (Fsp3) is 0.312. The second-order valence-corrected chi connectivity index (χ2v) is 7.54. The summed E-state index contributed by atoms with van der Waals surface area (Å²) in [7, 11) is 1.43. The van der Waals surface area contributed by atoms with E-state index in [2.05, 4.69) is 15.9 Å². The van der Waals surface area contributed by atoms with Crippen molar-refractivity contribution in [1.29, 1.82) is 0 Å². The molecule has 2 aromatic rings. The van der Waals surface area contributed by atoms with E-state index < -0.39 is 6.04 Å². The minimum absolute atomic E-state index is 0.245. The zero-order chi connectivity index (χ0) is 14.8. The van der Waals surface area contributed by atoms with Crippen LogP contribution in [0.25, 0.3) is 0 Å². The Morgan fingerprint density at radius 2 is 2.19 bits per heavy atom. The summed E-state index contributed by atoms with van der Waals surface area (Å²) in [5.74, 6) is -0.245. The van der Waals surface area contributed by atoms with E-state index >= 15 is 0 Å². The molecule has 1 atom stereocenters. The number of ether oxygens (including phenoxy) is 1. The maximum absolute atomic E-state index is 12.3. The SMILES string of the molecule is COC(=O)[C@H](c1ccccc1Cl)N1CCc2cc[se]c2C1. The molecule has 0 saturated carbocycles. The van der Waals surface area contributed by atoms with Crippen LogP contribution in [0.4, 0.5) is 0 Å². The summed E-state index contributed by atoms with van der Waals surface area (Å²) in [6, 6.07) is 9.33. The fourth-order valence-electron chi connectivity index (χ4n) is 2.76. The molecule has 2 heterocycles. The Labute approximate surface area is 135 Å². The summed E-state index contributed by atoms with van der Waals surface area (Å²) >= 11 is 6.72. The van der Waals surface area contributed by atoms with E-state index in [1.54, 1.807) is 0 Å². The maximum atomic E-state index is 12.3. The molecule has 1 aromatic heterocycles. The Balaban J connectivity index is 1.94. The molecule has 0 bridgehead atoms. The third-order valence-corrected chi connectivity index (χ3v) is 6.18. The molecule has 0 N–H and O–H groups in total. The van der Waals surface area contributed by atoms with Crippen LogP contribution in [-0.4, -0.2) is 39.0 Å². The summed E-state index contributed by atoms with van der Waals surface area (Å²) in [6.07, 6.45) is 0.992. The number of esters is 1. The van der Waals surface area contributed by atoms with Gasteiger partial charge in [-0.15, -0.1) is 0 Å². The van der Waals surface area contributed by atoms with Crippen molar-refractivity contribution in [1.82, 2.24) is 4.90 Å². The van der Waals surface area contributed by atoms with Crippen LogP contribution >= 0.6 is 11.6 Å². The van der Waals surface area contributed by atoms with Gasteiger partial charge in [0.25, 0.3) is 0 Å². The first-order chi connectivity index (χ1) is 10.2. The van der Waals surface area contributed by atoms with Crippen LogP contribution in [0.2, 0.25) is 5.02 Å². The van der Waals surface area contributed by atoms with Gasteiger partial charge in [0.05, 0.1) is 0 Å². The molecule has 0 aliphatic carbocycles. The van der Waals surface area contributed by atoms with Crippen molar-refractivity contribution in [3.05, 3.63) is 55.9 Å². The molecule has 0 radical (unpaired) electrons. The first kappa shape index (κ1) is 14.9. The van der Waals surface area contributed by atoms with Gasteiger partial charge in [0.1, 0.15) is 0 Å². The molecule has 5 heteroatoms. The molecule has 1 aromatic carbocycles. The third-order valence-electron chi connectivity index (χ3n) is 3.84. The molecule has 0 amide bonds. The number of benzene rings is 1. The molecule has 3 nitrogen and oxygen atoms in total. The monoisotopic (exact) mass is 369 g/mol. The van der Waals surface area contributed by atoms with Crippen LogP contribution < -0.4 is 0 Å². The second kappa shape index (κ2) is 6.37. The molecular weight excluding hydrogens is 353 g/mol. The fourth-order valence-corrected chi connectivity index (χ4v) is 5.01. The number of halogens is 1. The number of hydrogen-bond acceptors (Lipinski definition) is 3. The van der Waals surface area contributed by atoms with E-state index in [0.29, 0.717) is 19.5 Å². The van der Waals surface area contributed by atoms with Gasteiger partial charge in [0, 0.05) is 0 Å². The molecular formula is C16H16ClNO2Se. The number of methoxy groups -OCH3 is 1. The second-order valence-electron chi connectivity index (χ2n) is 5.04. The van der Waals surface area contributed by atoms with Gasteiger partial charge in [-0.3, -0.25) is 0 Å². The van der Waals surface area contributed by atoms with Gasteiger partial charge in [-0.25, -0.2) is 0 Å². The summed E-state index contributed by atoms with van der Waals surface area (Å²) in [5.41, 5.74) is 2.28. The topological polar surface area (TPSA) is 29.5 Å². The van der Waals surface area contributed by atoms with E-state index in [-0.39, 0.29) is 5.97 Å². The predicted molar refractivity (Wildman–Crippen MR) is 83.7 cm³/mol. The van der Waals surface area contributed by atoms with Crippen LogP contribution in [0.5, 0.6) is 0 Å². The summed E-state index contributed by atoms with van der Waals surface area (Å²) in [4.78, 5) is 16.7. The zero-order valence-electron chi connectivity index (χ0n) is 11.7. The minimum atomic E-state index is -0.422. The Bertz CT molecular complexity index is 655. The Morgan fingerprint density at radius 3 is 2.95 bits per heavy atom. The number of rotatable bonds is 3. The van der Waals surface area contributed by atoms with Crippen molar-refractivity contribution in [2.75, 3.05) is 13.7 Å². The Kier molecular flexibility index (Phi) is 4.51. The predicted octanol–water partition coefficient (Wildman–Crippen LogP) is 2.67. The molecule has 3 rings (SSSR count). The standard InChI is InChI=1S/C16H16ClNO2Se/c1-20-16(19)15(12-4-2-3-5-13(12)17)18-8-6-11-7-9-21-14(11)10-18/h2-5,7,9,15H,6,8,10H2,1H3/t15-/m0/s1. The van der Waals surface area contributed by atoms with Gasteiger partial charge in [-0.2, -0.15) is 0 Å². The number of nitrogens with zero attached hydrogens (tertiary/aromatic N) is 1. The summed E-state index contributed by atoms with van der Waals surface area (Å²) in [6.45, 7) is 1.68. The molecule has 1 aliphatic heterocycles. The van der Waals surface area contributed by atoms with Crippen molar-refractivity contribution < 1.29 is 9.53 Å². The number of fused-ring (bicyclic) bond motifs is 1. The van der Waals surface area contributed by atoms with E-state index in [9.17, 15) is 4.79 Å². The van der Waals surface area contributed by atoms with Crippen molar-refractivity contribution >= 4 is 32.1 Å². The van der Waals surface area contributed by atoms with Gasteiger partial charge in [-0.1, -0.05) is 0 Å². The van der Waals surface area contributed by atoms with Gasteiger partial charge < -0.3 is 0 Å². The van der Waals surface area contributed by atoms with Crippen molar-refractivity contribution in [3.63, 3.8) is 0 Å². The molecule has 110 valence electrons. The zero-order valence-corrected chi connectivity index (χ0v) is 14.2. The quantitative estimate of drug-likeness (QED) is 0.616. The van der Waals surface area contributed by atoms with Crippen LogP contribution in [-0.2, 0) is 22.5 Å². The van der Waals surface area contributed by atoms with Crippen LogP contribution in [0.1, 0.15) is 21.6 Å². The van der Waals surface area contributed by atoms with Gasteiger partial charge in [0.15, 0.2) is 0 Å². The average Bonchev–Trinajstić information content (AvgIpc) is 2.97. The molecule has 0 unspecified atom stereocenters. The molecule has 0 spiro atoms. The van der Waals surface area contributed by atoms with Gasteiger partial charge in [0.2, 0.25) is 0 Å². The van der Waals surface area contributed by atoms with Crippen LogP contribution in [0.15, 0.2) is 35.3 Å². The number of hydrogen-bond donors (Lipinski definition) is 0. The van der Waals surface area contributed by atoms with E-state index in [4.69, 9.17) is 16.3 Å². The van der Waals surface area contributed by atoms with E-state index in [0.717, 1.165) is 25.1 Å². The first-order valence-corrected chi connectivity index (χ1v) is 9.04. The third kappa shape index (κ3) is 2.95. The summed E-state index contributed by atoms with van der Waals surface area (Å²) < 4.78 is 6.49. The Hall–Kier alpha value is -1.06. The van der Waals surface area contributed by atoms with Crippen molar-refractivity contribution in [2.45, 2.75) is 19.0 Å². The molecule has 1 aliphatic rings. The Morgan fingerprint density at radius 1 is 1.38 bits per heavy atom. The summed E-state index contributed by atoms with van der Waals surface area (Å²) in [5, 5.41) is 0.614. The molecule has 0 saturated heterocycles. The number of carbonyl (C=O) groups is 1.